The van der Waals surface area contributed by atoms with Crippen molar-refractivity contribution in [2.45, 2.75) is 19.6 Å². The average molecular weight is 290 g/mol. The lowest BCUT2D eigenvalue weighted by Gasteiger charge is -2.08. The molecule has 1 aromatic heterocycles. The summed E-state index contributed by atoms with van der Waals surface area (Å²) in [5.74, 6) is -0.150. The van der Waals surface area contributed by atoms with E-state index in [0.717, 1.165) is 0 Å². The van der Waals surface area contributed by atoms with Gasteiger partial charge in [-0.1, -0.05) is 16.8 Å². The molecular weight excluding hydrogens is 280 g/mol. The first-order valence-corrected chi connectivity index (χ1v) is 5.70. The molecule has 5 nitrogen and oxygen atoms in total. The van der Waals surface area contributed by atoms with Gasteiger partial charge in [0.15, 0.2) is 0 Å². The molecular formula is C11H10ClF2N3O2. The second-order valence-electron chi connectivity index (χ2n) is 3.76. The number of ether oxygens (including phenoxy) is 1. The van der Waals surface area contributed by atoms with Crippen LogP contribution in [0.5, 0.6) is 5.75 Å². The van der Waals surface area contributed by atoms with Crippen molar-refractivity contribution < 1.29 is 18.6 Å². The summed E-state index contributed by atoms with van der Waals surface area (Å²) in [5, 5.41) is 16.9. The zero-order valence-electron chi connectivity index (χ0n) is 9.80. The predicted octanol–water partition coefficient (Wildman–Crippen LogP) is 2.58. The smallest absolute Gasteiger partial charge is 0.387 e. The van der Waals surface area contributed by atoms with Crippen LogP contribution in [0.25, 0.3) is 5.69 Å². The Balaban J connectivity index is 2.33. The molecule has 1 atom stereocenters. The molecule has 1 aromatic carbocycles. The van der Waals surface area contributed by atoms with Crippen LogP contribution in [0.3, 0.4) is 0 Å². The minimum absolute atomic E-state index is 0.0694. The van der Waals surface area contributed by atoms with Crippen LogP contribution in [0.2, 0.25) is 5.02 Å². The van der Waals surface area contributed by atoms with E-state index in [1.54, 1.807) is 13.0 Å². The Labute approximate surface area is 112 Å². The topological polar surface area (TPSA) is 60.2 Å². The molecule has 2 rings (SSSR count). The van der Waals surface area contributed by atoms with Crippen molar-refractivity contribution in [1.82, 2.24) is 15.0 Å². The number of benzene rings is 1. The quantitative estimate of drug-likeness (QED) is 0.940. The molecule has 2 aromatic rings. The molecule has 0 bridgehead atoms. The minimum Gasteiger partial charge on any atom is -0.433 e. The molecule has 0 amide bonds. The highest BCUT2D eigenvalue weighted by Crippen LogP contribution is 2.28. The van der Waals surface area contributed by atoms with E-state index in [0.29, 0.717) is 11.4 Å². The predicted molar refractivity (Wildman–Crippen MR) is 63.6 cm³/mol. The van der Waals surface area contributed by atoms with Gasteiger partial charge in [-0.2, -0.15) is 8.78 Å². The van der Waals surface area contributed by atoms with Crippen LogP contribution in [0, 0.1) is 0 Å². The van der Waals surface area contributed by atoms with E-state index in [1.807, 2.05) is 0 Å². The Morgan fingerprint density at radius 1 is 1.42 bits per heavy atom. The van der Waals surface area contributed by atoms with E-state index in [1.165, 1.54) is 23.0 Å². The number of aromatic nitrogens is 3. The largest absolute Gasteiger partial charge is 0.433 e. The first kappa shape index (κ1) is 13.7. The third kappa shape index (κ3) is 3.18. The second-order valence-corrected chi connectivity index (χ2v) is 4.16. The van der Waals surface area contributed by atoms with Crippen molar-refractivity contribution in [2.24, 2.45) is 0 Å². The highest BCUT2D eigenvalue weighted by molar-refractivity contribution is 6.32. The van der Waals surface area contributed by atoms with Crippen LogP contribution in [-0.4, -0.2) is 26.7 Å². The first-order valence-electron chi connectivity index (χ1n) is 5.32. The molecule has 8 heteroatoms. The molecule has 102 valence electrons. The van der Waals surface area contributed by atoms with Crippen LogP contribution in [0.4, 0.5) is 8.78 Å². The lowest BCUT2D eigenvalue weighted by Crippen LogP contribution is -2.03. The number of hydrogen-bond donors (Lipinski definition) is 1. The highest BCUT2D eigenvalue weighted by Gasteiger charge is 2.12. The molecule has 0 aliphatic carbocycles. The Kier molecular flexibility index (Phi) is 3.96. The van der Waals surface area contributed by atoms with Gasteiger partial charge >= 0.3 is 6.61 Å². The van der Waals surface area contributed by atoms with Crippen molar-refractivity contribution in [3.63, 3.8) is 0 Å². The van der Waals surface area contributed by atoms with Gasteiger partial charge in [-0.3, -0.25) is 0 Å². The van der Waals surface area contributed by atoms with Crippen molar-refractivity contribution in [1.29, 1.82) is 0 Å². The van der Waals surface area contributed by atoms with E-state index in [4.69, 9.17) is 11.6 Å². The average Bonchev–Trinajstić information content (AvgIpc) is 2.81. The summed E-state index contributed by atoms with van der Waals surface area (Å²) in [5.41, 5.74) is 0.811. The van der Waals surface area contributed by atoms with E-state index < -0.39 is 12.7 Å². The van der Waals surface area contributed by atoms with Gasteiger partial charge in [-0.15, -0.1) is 5.10 Å². The number of nitrogens with zero attached hydrogens (tertiary/aromatic N) is 3. The summed E-state index contributed by atoms with van der Waals surface area (Å²) >= 11 is 5.74. The molecule has 0 saturated heterocycles. The Hall–Kier alpha value is -1.73. The van der Waals surface area contributed by atoms with Crippen molar-refractivity contribution in [3.8, 4) is 11.4 Å². The molecule has 0 fully saturated rings. The summed E-state index contributed by atoms with van der Waals surface area (Å²) in [7, 11) is 0. The van der Waals surface area contributed by atoms with E-state index in [9.17, 15) is 13.9 Å². The SMILES string of the molecule is C[C@@H](O)c1cn(-c2ccc(Cl)c(OC(F)F)c2)nn1. The van der Waals surface area contributed by atoms with Gasteiger partial charge in [0.05, 0.1) is 23.0 Å². The normalized spacial score (nSPS) is 12.7. The van der Waals surface area contributed by atoms with Crippen LogP contribution < -0.4 is 4.74 Å². The van der Waals surface area contributed by atoms with Gasteiger partial charge in [0, 0.05) is 6.07 Å². The Morgan fingerprint density at radius 3 is 2.74 bits per heavy atom. The first-order chi connectivity index (χ1) is 8.97. The molecule has 0 unspecified atom stereocenters. The lowest BCUT2D eigenvalue weighted by molar-refractivity contribution is -0.0497. The fourth-order valence-corrected chi connectivity index (χ4v) is 1.58. The highest BCUT2D eigenvalue weighted by atomic mass is 35.5. The summed E-state index contributed by atoms with van der Waals surface area (Å²) in [6, 6.07) is 4.30. The zero-order valence-corrected chi connectivity index (χ0v) is 10.6. The lowest BCUT2D eigenvalue weighted by atomic mass is 10.3. The second kappa shape index (κ2) is 5.50. The molecule has 0 aliphatic heterocycles. The molecule has 0 aliphatic rings. The van der Waals surface area contributed by atoms with Gasteiger partial charge in [0.1, 0.15) is 11.4 Å². The summed E-state index contributed by atoms with van der Waals surface area (Å²) in [6.45, 7) is -1.42. The minimum atomic E-state index is -2.96. The van der Waals surface area contributed by atoms with Gasteiger partial charge in [0.25, 0.3) is 0 Å². The maximum atomic E-state index is 12.2. The molecule has 0 radical (unpaired) electrons. The van der Waals surface area contributed by atoms with Gasteiger partial charge in [-0.25, -0.2) is 4.68 Å². The number of aliphatic hydroxyl groups excluding tert-OH is 1. The monoisotopic (exact) mass is 289 g/mol. The van der Waals surface area contributed by atoms with Crippen LogP contribution in [0.1, 0.15) is 18.7 Å². The van der Waals surface area contributed by atoms with Crippen LogP contribution in [0.15, 0.2) is 24.4 Å². The maximum Gasteiger partial charge on any atom is 0.387 e. The van der Waals surface area contributed by atoms with Gasteiger partial charge in [0.2, 0.25) is 0 Å². The molecule has 0 spiro atoms. The number of aliphatic hydroxyl groups is 1. The van der Waals surface area contributed by atoms with Crippen molar-refractivity contribution in [2.75, 3.05) is 0 Å². The van der Waals surface area contributed by atoms with E-state index >= 15 is 0 Å². The third-order valence-corrected chi connectivity index (χ3v) is 2.65. The Bertz CT molecular complexity index is 575. The number of rotatable bonds is 4. The molecule has 1 heterocycles. The fraction of sp³-hybridized carbons (Fsp3) is 0.273. The van der Waals surface area contributed by atoms with Crippen LogP contribution >= 0.6 is 11.6 Å². The standard InChI is InChI=1S/C11H10ClF2N3O2/c1-6(18)9-5-17(16-15-9)7-2-3-8(12)10(4-7)19-11(13)14/h2-6,11,18H,1H3/t6-/m1/s1. The Morgan fingerprint density at radius 2 is 2.16 bits per heavy atom. The summed E-state index contributed by atoms with van der Waals surface area (Å²) in [6.07, 6.45) is 0.720. The van der Waals surface area contributed by atoms with E-state index in [-0.39, 0.29) is 10.8 Å². The van der Waals surface area contributed by atoms with Gasteiger partial charge in [-0.05, 0) is 19.1 Å². The fourth-order valence-electron chi connectivity index (χ4n) is 1.42. The molecule has 1 N–H and O–H groups in total. The number of alkyl halides is 2. The van der Waals surface area contributed by atoms with Crippen molar-refractivity contribution in [3.05, 3.63) is 35.1 Å². The molecule has 0 saturated carbocycles. The van der Waals surface area contributed by atoms with Crippen molar-refractivity contribution >= 4 is 11.6 Å². The number of halogens is 3. The summed E-state index contributed by atoms with van der Waals surface area (Å²) in [4.78, 5) is 0. The van der Waals surface area contributed by atoms with Crippen LogP contribution in [-0.2, 0) is 0 Å². The summed E-state index contributed by atoms with van der Waals surface area (Å²) < 4.78 is 30.0. The zero-order chi connectivity index (χ0) is 14.0. The number of hydrogen-bond acceptors (Lipinski definition) is 4. The van der Waals surface area contributed by atoms with Gasteiger partial charge < -0.3 is 9.84 Å². The third-order valence-electron chi connectivity index (χ3n) is 2.33. The molecule has 19 heavy (non-hydrogen) atoms. The maximum absolute atomic E-state index is 12.2. The van der Waals surface area contributed by atoms with E-state index in [2.05, 4.69) is 15.0 Å².